The van der Waals surface area contributed by atoms with Gasteiger partial charge in [-0.15, -0.1) is 0 Å². The van der Waals surface area contributed by atoms with Crippen LogP contribution in [0.2, 0.25) is 0 Å². The summed E-state index contributed by atoms with van der Waals surface area (Å²) in [6.07, 6.45) is 0. The standard InChI is InChI=1S/C42H23N5/c1-3-10-27-20-36-34(18-25(27)8-1)43-41-45(36)38-22-31(29-15-16-33-30(17-29)14-13-24-7-5-6-12-32(24)33)23-39-40(38)47(41)42-44-35-19-26-9-2-4-11-28(26)21-37(35)46(39)42/h1-23H. The number of hydrogen-bond donors (Lipinski definition) is 0. The minimum absolute atomic E-state index is 0.882. The summed E-state index contributed by atoms with van der Waals surface area (Å²) in [5.41, 5.74) is 9.91. The molecule has 47 heavy (non-hydrogen) atoms. The Bertz CT molecular complexity index is 3140. The molecule has 0 saturated heterocycles. The number of aromatic nitrogens is 5. The van der Waals surface area contributed by atoms with E-state index < -0.39 is 0 Å². The Morgan fingerprint density at radius 3 is 1.47 bits per heavy atom. The topological polar surface area (TPSA) is 39.0 Å². The first-order chi connectivity index (χ1) is 23.3. The van der Waals surface area contributed by atoms with Gasteiger partial charge in [0.05, 0.1) is 33.1 Å². The highest BCUT2D eigenvalue weighted by Gasteiger charge is 2.25. The van der Waals surface area contributed by atoms with E-state index in [-0.39, 0.29) is 0 Å². The quantitative estimate of drug-likeness (QED) is 0.177. The third kappa shape index (κ3) is 2.99. The smallest absolute Gasteiger partial charge is 0.223 e. The number of rotatable bonds is 1. The molecule has 12 aromatic rings. The maximum Gasteiger partial charge on any atom is 0.223 e. The molecule has 0 N–H and O–H groups in total. The number of hydrogen-bond acceptors (Lipinski definition) is 2. The molecule has 0 aliphatic rings. The minimum atomic E-state index is 0.882. The summed E-state index contributed by atoms with van der Waals surface area (Å²) in [6, 6.07) is 50.7. The number of benzene rings is 8. The minimum Gasteiger partial charge on any atom is -0.276 e. The molecule has 0 aliphatic carbocycles. The van der Waals surface area contributed by atoms with Crippen molar-refractivity contribution in [2.24, 2.45) is 0 Å². The molecule has 0 aliphatic heterocycles. The van der Waals surface area contributed by atoms with Crippen LogP contribution in [0.5, 0.6) is 0 Å². The first-order valence-corrected chi connectivity index (χ1v) is 16.0. The van der Waals surface area contributed by atoms with Crippen LogP contribution in [-0.2, 0) is 0 Å². The lowest BCUT2D eigenvalue weighted by molar-refractivity contribution is 1.15. The summed E-state index contributed by atoms with van der Waals surface area (Å²) in [7, 11) is 0. The molecule has 8 aromatic carbocycles. The summed E-state index contributed by atoms with van der Waals surface area (Å²) < 4.78 is 6.92. The Kier molecular flexibility index (Phi) is 4.17. The zero-order valence-corrected chi connectivity index (χ0v) is 25.0. The van der Waals surface area contributed by atoms with Crippen molar-refractivity contribution in [2.75, 3.05) is 0 Å². The molecule has 4 aromatic heterocycles. The van der Waals surface area contributed by atoms with E-state index in [4.69, 9.17) is 9.97 Å². The third-order valence-corrected chi connectivity index (χ3v) is 10.3. The number of imidazole rings is 4. The van der Waals surface area contributed by atoms with Crippen molar-refractivity contribution in [3.63, 3.8) is 0 Å². The molecule has 5 nitrogen and oxygen atoms in total. The van der Waals surface area contributed by atoms with Gasteiger partial charge in [-0.2, -0.15) is 0 Å². The molecule has 12 rings (SSSR count). The average molecular weight is 598 g/mol. The highest BCUT2D eigenvalue weighted by atomic mass is 15.3. The van der Waals surface area contributed by atoms with Crippen LogP contribution in [0.1, 0.15) is 0 Å². The highest BCUT2D eigenvalue weighted by Crippen LogP contribution is 2.39. The molecule has 0 amide bonds. The van der Waals surface area contributed by atoms with Gasteiger partial charge in [0.2, 0.25) is 11.6 Å². The molecule has 5 heteroatoms. The Morgan fingerprint density at radius 2 is 0.851 bits per heavy atom. The fourth-order valence-electron chi connectivity index (χ4n) is 8.10. The van der Waals surface area contributed by atoms with Gasteiger partial charge in [0.25, 0.3) is 0 Å². The van der Waals surface area contributed by atoms with E-state index in [1.54, 1.807) is 0 Å². The predicted octanol–water partition coefficient (Wildman–Crippen LogP) is 10.4. The molecule has 0 atom stereocenters. The molecule has 4 heterocycles. The van der Waals surface area contributed by atoms with E-state index in [9.17, 15) is 0 Å². The van der Waals surface area contributed by atoms with E-state index in [2.05, 4.69) is 153 Å². The third-order valence-electron chi connectivity index (χ3n) is 10.3. The summed E-state index contributed by atoms with van der Waals surface area (Å²) in [4.78, 5) is 10.6. The fraction of sp³-hybridized carbons (Fsp3) is 0. The molecule has 0 bridgehead atoms. The first kappa shape index (κ1) is 23.9. The second kappa shape index (κ2) is 8.22. The zero-order valence-electron chi connectivity index (χ0n) is 25.0. The van der Waals surface area contributed by atoms with Crippen molar-refractivity contribution in [3.8, 4) is 11.1 Å². The van der Waals surface area contributed by atoms with Crippen molar-refractivity contribution >= 4 is 93.3 Å². The van der Waals surface area contributed by atoms with Gasteiger partial charge in [-0.3, -0.25) is 8.80 Å². The van der Waals surface area contributed by atoms with Gasteiger partial charge in [0.1, 0.15) is 5.52 Å². The van der Waals surface area contributed by atoms with Crippen molar-refractivity contribution in [1.29, 1.82) is 0 Å². The van der Waals surface area contributed by atoms with E-state index in [0.29, 0.717) is 0 Å². The first-order valence-electron chi connectivity index (χ1n) is 16.0. The normalized spacial score (nSPS) is 12.7. The molecule has 0 spiro atoms. The van der Waals surface area contributed by atoms with Crippen LogP contribution < -0.4 is 0 Å². The summed E-state index contributed by atoms with van der Waals surface area (Å²) in [6.45, 7) is 0. The van der Waals surface area contributed by atoms with Gasteiger partial charge in [-0.05, 0) is 96.7 Å². The van der Waals surface area contributed by atoms with Gasteiger partial charge in [-0.25, -0.2) is 14.4 Å². The zero-order chi connectivity index (χ0) is 30.4. The summed E-state index contributed by atoms with van der Waals surface area (Å²) in [5.74, 6) is 1.76. The second-order valence-electron chi connectivity index (χ2n) is 12.8. The van der Waals surface area contributed by atoms with Crippen molar-refractivity contribution in [3.05, 3.63) is 140 Å². The Morgan fingerprint density at radius 1 is 0.340 bits per heavy atom. The molecule has 0 radical (unpaired) electrons. The van der Waals surface area contributed by atoms with Gasteiger partial charge in [0, 0.05) is 0 Å². The lowest BCUT2D eigenvalue weighted by Gasteiger charge is -2.09. The summed E-state index contributed by atoms with van der Waals surface area (Å²) >= 11 is 0. The lowest BCUT2D eigenvalue weighted by Crippen LogP contribution is -1.89. The van der Waals surface area contributed by atoms with Gasteiger partial charge in [-0.1, -0.05) is 97.1 Å². The van der Waals surface area contributed by atoms with Crippen LogP contribution in [0.3, 0.4) is 0 Å². The van der Waals surface area contributed by atoms with Gasteiger partial charge < -0.3 is 0 Å². The Labute approximate surface area is 266 Å². The molecule has 0 saturated carbocycles. The maximum atomic E-state index is 5.28. The molecule has 0 fully saturated rings. The van der Waals surface area contributed by atoms with Crippen LogP contribution in [0.25, 0.3) is 104 Å². The molecular weight excluding hydrogens is 574 g/mol. The number of fused-ring (bicyclic) bond motifs is 15. The molecular formula is C42H23N5. The lowest BCUT2D eigenvalue weighted by atomic mass is 9.97. The number of nitrogens with zero attached hydrogens (tertiary/aromatic N) is 5. The van der Waals surface area contributed by atoms with E-state index in [0.717, 1.165) is 50.2 Å². The van der Waals surface area contributed by atoms with Crippen molar-refractivity contribution in [1.82, 2.24) is 23.2 Å². The average Bonchev–Trinajstić information content (AvgIpc) is 3.84. The van der Waals surface area contributed by atoms with Crippen LogP contribution >= 0.6 is 0 Å². The molecule has 216 valence electrons. The largest absolute Gasteiger partial charge is 0.276 e. The Balaban J connectivity index is 1.25. The summed E-state index contributed by atoms with van der Waals surface area (Å²) in [5, 5.41) is 9.84. The van der Waals surface area contributed by atoms with E-state index in [1.165, 1.54) is 54.2 Å². The van der Waals surface area contributed by atoms with Crippen molar-refractivity contribution < 1.29 is 0 Å². The maximum absolute atomic E-state index is 5.28. The predicted molar refractivity (Wildman–Crippen MR) is 194 cm³/mol. The van der Waals surface area contributed by atoms with E-state index >= 15 is 0 Å². The Hall–Kier alpha value is -6.46. The van der Waals surface area contributed by atoms with Crippen molar-refractivity contribution in [2.45, 2.75) is 0 Å². The van der Waals surface area contributed by atoms with Gasteiger partial charge in [0.15, 0.2) is 0 Å². The van der Waals surface area contributed by atoms with Crippen LogP contribution in [0.15, 0.2) is 140 Å². The fourth-order valence-corrected chi connectivity index (χ4v) is 8.10. The monoisotopic (exact) mass is 597 g/mol. The van der Waals surface area contributed by atoms with Crippen LogP contribution in [0, 0.1) is 0 Å². The van der Waals surface area contributed by atoms with Crippen LogP contribution in [-0.4, -0.2) is 23.2 Å². The SMILES string of the molecule is c1ccc2cc3c(cc2c1)nc1n3c2cc(-c3ccc4c(ccc5ccccc54)c3)cc3c2n1c1nc2cc4ccccc4cc2n31. The van der Waals surface area contributed by atoms with Gasteiger partial charge >= 0.3 is 0 Å². The highest BCUT2D eigenvalue weighted by molar-refractivity contribution is 6.11. The molecule has 0 unspecified atom stereocenters. The van der Waals surface area contributed by atoms with Crippen LogP contribution in [0.4, 0.5) is 0 Å². The second-order valence-corrected chi connectivity index (χ2v) is 12.8. The van der Waals surface area contributed by atoms with E-state index in [1.807, 2.05) is 0 Å².